The van der Waals surface area contributed by atoms with Crippen LogP contribution in [0, 0.1) is 6.92 Å². The van der Waals surface area contributed by atoms with E-state index in [1.807, 2.05) is 26.3 Å². The molecule has 0 radical (unpaired) electrons. The molecular weight excluding hydrogens is 224 g/mol. The van der Waals surface area contributed by atoms with Crippen molar-refractivity contribution in [2.24, 2.45) is 4.99 Å². The van der Waals surface area contributed by atoms with Gasteiger partial charge < -0.3 is 4.90 Å². The highest BCUT2D eigenvalue weighted by molar-refractivity contribution is 5.93. The SMILES string of the molecule is Cc1nccc(N(C)c2cccc3c2C=NC3)n1. The zero-order valence-corrected chi connectivity index (χ0v) is 10.5. The molecule has 0 atom stereocenters. The maximum atomic E-state index is 4.45. The molecule has 3 rings (SSSR count). The van der Waals surface area contributed by atoms with Gasteiger partial charge in [0.1, 0.15) is 11.6 Å². The molecule has 2 aromatic rings. The number of aryl methyl sites for hydroxylation is 1. The Labute approximate surface area is 106 Å². The zero-order chi connectivity index (χ0) is 12.5. The normalized spacial score (nSPS) is 12.6. The fraction of sp³-hybridized carbons (Fsp3) is 0.214. The van der Waals surface area contributed by atoms with E-state index in [-0.39, 0.29) is 0 Å². The second-order valence-electron chi connectivity index (χ2n) is 4.34. The number of aliphatic imine (C=N–C) groups is 1. The van der Waals surface area contributed by atoms with Crippen molar-refractivity contribution in [3.63, 3.8) is 0 Å². The van der Waals surface area contributed by atoms with E-state index in [1.54, 1.807) is 6.20 Å². The van der Waals surface area contributed by atoms with Crippen LogP contribution in [-0.2, 0) is 6.54 Å². The van der Waals surface area contributed by atoms with Crippen molar-refractivity contribution in [2.75, 3.05) is 11.9 Å². The molecule has 1 aromatic heterocycles. The van der Waals surface area contributed by atoms with E-state index in [9.17, 15) is 0 Å². The summed E-state index contributed by atoms with van der Waals surface area (Å²) in [5.74, 6) is 1.68. The first-order valence-electron chi connectivity index (χ1n) is 5.91. The summed E-state index contributed by atoms with van der Waals surface area (Å²) in [5.41, 5.74) is 3.59. The van der Waals surface area contributed by atoms with Gasteiger partial charge in [0.2, 0.25) is 0 Å². The Hall–Kier alpha value is -2.23. The lowest BCUT2D eigenvalue weighted by Gasteiger charge is -2.20. The fourth-order valence-corrected chi connectivity index (χ4v) is 2.17. The van der Waals surface area contributed by atoms with Gasteiger partial charge in [-0.3, -0.25) is 4.99 Å². The minimum absolute atomic E-state index is 0.778. The van der Waals surface area contributed by atoms with Crippen LogP contribution >= 0.6 is 0 Å². The van der Waals surface area contributed by atoms with Crippen LogP contribution in [0.3, 0.4) is 0 Å². The van der Waals surface area contributed by atoms with Gasteiger partial charge in [-0.25, -0.2) is 9.97 Å². The maximum Gasteiger partial charge on any atom is 0.136 e. The highest BCUT2D eigenvalue weighted by Gasteiger charge is 2.15. The number of rotatable bonds is 2. The number of aromatic nitrogens is 2. The fourth-order valence-electron chi connectivity index (χ4n) is 2.17. The first-order valence-corrected chi connectivity index (χ1v) is 5.91. The van der Waals surface area contributed by atoms with Crippen molar-refractivity contribution >= 4 is 17.7 Å². The molecule has 4 nitrogen and oxygen atoms in total. The van der Waals surface area contributed by atoms with E-state index in [0.717, 1.165) is 23.9 Å². The first kappa shape index (κ1) is 10.9. The Balaban J connectivity index is 2.05. The Bertz CT molecular complexity index is 619. The summed E-state index contributed by atoms with van der Waals surface area (Å²) in [5, 5.41) is 0. The summed E-state index contributed by atoms with van der Waals surface area (Å²) in [4.78, 5) is 15.0. The molecule has 0 saturated heterocycles. The van der Waals surface area contributed by atoms with Gasteiger partial charge in [0.25, 0.3) is 0 Å². The second-order valence-corrected chi connectivity index (χ2v) is 4.34. The molecule has 0 bridgehead atoms. The summed E-state index contributed by atoms with van der Waals surface area (Å²) in [6.07, 6.45) is 3.72. The van der Waals surface area contributed by atoms with Crippen molar-refractivity contribution in [1.82, 2.24) is 9.97 Å². The van der Waals surface area contributed by atoms with Crippen LogP contribution in [0.5, 0.6) is 0 Å². The Morgan fingerprint density at radius 3 is 2.94 bits per heavy atom. The van der Waals surface area contributed by atoms with Crippen LogP contribution in [0.15, 0.2) is 35.5 Å². The van der Waals surface area contributed by atoms with E-state index in [4.69, 9.17) is 0 Å². The van der Waals surface area contributed by atoms with Crippen molar-refractivity contribution in [3.8, 4) is 0 Å². The molecule has 1 aliphatic rings. The maximum absolute atomic E-state index is 4.45. The van der Waals surface area contributed by atoms with Crippen molar-refractivity contribution in [3.05, 3.63) is 47.4 Å². The third kappa shape index (κ3) is 1.76. The van der Waals surface area contributed by atoms with Crippen LogP contribution in [0.2, 0.25) is 0 Å². The number of anilines is 2. The van der Waals surface area contributed by atoms with Crippen molar-refractivity contribution in [1.29, 1.82) is 0 Å². The third-order valence-corrected chi connectivity index (χ3v) is 3.12. The molecule has 0 unspecified atom stereocenters. The summed E-state index contributed by atoms with van der Waals surface area (Å²) < 4.78 is 0. The highest BCUT2D eigenvalue weighted by atomic mass is 15.2. The molecule has 0 amide bonds. The van der Waals surface area contributed by atoms with Crippen molar-refractivity contribution < 1.29 is 0 Å². The monoisotopic (exact) mass is 238 g/mol. The van der Waals surface area contributed by atoms with E-state index < -0.39 is 0 Å². The molecule has 4 heteroatoms. The van der Waals surface area contributed by atoms with Gasteiger partial charge in [0.05, 0.1) is 12.2 Å². The molecular formula is C14H14N4. The lowest BCUT2D eigenvalue weighted by Crippen LogP contribution is -2.14. The standard InChI is InChI=1S/C14H14N4/c1-10-16-7-6-14(17-10)18(2)13-5-3-4-11-8-15-9-12(11)13/h3-7,9H,8H2,1-2H3. The Morgan fingerprint density at radius 2 is 2.11 bits per heavy atom. The van der Waals surface area contributed by atoms with Crippen molar-refractivity contribution in [2.45, 2.75) is 13.5 Å². The molecule has 1 aromatic carbocycles. The van der Waals surface area contributed by atoms with Crippen LogP contribution < -0.4 is 4.90 Å². The van der Waals surface area contributed by atoms with Gasteiger partial charge in [-0.1, -0.05) is 12.1 Å². The topological polar surface area (TPSA) is 41.4 Å². The minimum atomic E-state index is 0.778. The number of benzene rings is 1. The van der Waals surface area contributed by atoms with E-state index >= 15 is 0 Å². The quantitative estimate of drug-likeness (QED) is 0.807. The van der Waals surface area contributed by atoms with E-state index in [2.05, 4.69) is 38.1 Å². The molecule has 1 aliphatic heterocycles. The van der Waals surface area contributed by atoms with E-state index in [1.165, 1.54) is 11.1 Å². The number of hydrogen-bond donors (Lipinski definition) is 0. The predicted molar refractivity (Wildman–Crippen MR) is 72.6 cm³/mol. The van der Waals surface area contributed by atoms with Crippen LogP contribution in [0.1, 0.15) is 17.0 Å². The van der Waals surface area contributed by atoms with E-state index in [0.29, 0.717) is 0 Å². The van der Waals surface area contributed by atoms with Gasteiger partial charge in [-0.05, 0) is 24.6 Å². The summed E-state index contributed by atoms with van der Waals surface area (Å²) >= 11 is 0. The minimum Gasteiger partial charge on any atom is -0.329 e. The smallest absolute Gasteiger partial charge is 0.136 e. The predicted octanol–water partition coefficient (Wildman–Crippen LogP) is 2.49. The lowest BCUT2D eigenvalue weighted by molar-refractivity contribution is 1.01. The van der Waals surface area contributed by atoms with Gasteiger partial charge in [-0.2, -0.15) is 0 Å². The van der Waals surface area contributed by atoms with Crippen LogP contribution in [-0.4, -0.2) is 23.2 Å². The van der Waals surface area contributed by atoms with Crippen LogP contribution in [0.4, 0.5) is 11.5 Å². The Morgan fingerprint density at radius 1 is 1.22 bits per heavy atom. The average Bonchev–Trinajstić information content (AvgIpc) is 2.86. The molecule has 0 spiro atoms. The van der Waals surface area contributed by atoms with Gasteiger partial charge in [-0.15, -0.1) is 0 Å². The van der Waals surface area contributed by atoms with Gasteiger partial charge >= 0.3 is 0 Å². The van der Waals surface area contributed by atoms with Crippen LogP contribution in [0.25, 0.3) is 0 Å². The molecule has 0 N–H and O–H groups in total. The summed E-state index contributed by atoms with van der Waals surface area (Å²) in [6.45, 7) is 2.67. The second kappa shape index (κ2) is 4.22. The van der Waals surface area contributed by atoms with Gasteiger partial charge in [0.15, 0.2) is 0 Å². The molecule has 0 aliphatic carbocycles. The first-order chi connectivity index (χ1) is 8.75. The average molecular weight is 238 g/mol. The largest absolute Gasteiger partial charge is 0.329 e. The van der Waals surface area contributed by atoms with Gasteiger partial charge in [0, 0.05) is 25.0 Å². The molecule has 0 saturated carbocycles. The third-order valence-electron chi connectivity index (χ3n) is 3.12. The zero-order valence-electron chi connectivity index (χ0n) is 10.5. The molecule has 2 heterocycles. The molecule has 90 valence electrons. The summed E-state index contributed by atoms with van der Waals surface area (Å²) in [7, 11) is 2.02. The lowest BCUT2D eigenvalue weighted by atomic mass is 10.1. The molecule has 18 heavy (non-hydrogen) atoms. The molecule has 0 fully saturated rings. The summed E-state index contributed by atoms with van der Waals surface area (Å²) in [6, 6.07) is 8.18. The Kier molecular flexibility index (Phi) is 2.55. The highest BCUT2D eigenvalue weighted by Crippen LogP contribution is 2.29. The number of fused-ring (bicyclic) bond motifs is 1. The number of hydrogen-bond acceptors (Lipinski definition) is 4. The number of nitrogens with zero attached hydrogens (tertiary/aromatic N) is 4.